The van der Waals surface area contributed by atoms with Crippen LogP contribution >= 0.6 is 35.6 Å². The van der Waals surface area contributed by atoms with E-state index in [-0.39, 0.29) is 24.0 Å². The number of nitrogens with one attached hydrogen (secondary N) is 2. The minimum atomic E-state index is 0. The molecule has 0 radical (unpaired) electrons. The maximum atomic E-state index is 6.02. The molecular formula is C18H28ClIN6. The maximum absolute atomic E-state index is 6.02. The van der Waals surface area contributed by atoms with Crippen molar-refractivity contribution in [1.29, 1.82) is 0 Å². The van der Waals surface area contributed by atoms with Crippen molar-refractivity contribution < 1.29 is 0 Å². The van der Waals surface area contributed by atoms with Gasteiger partial charge < -0.3 is 19.9 Å². The van der Waals surface area contributed by atoms with Crippen molar-refractivity contribution in [2.24, 2.45) is 4.99 Å². The Bertz CT molecular complexity index is 736. The molecule has 6 nitrogen and oxygen atoms in total. The van der Waals surface area contributed by atoms with Gasteiger partial charge in [0.2, 0.25) is 0 Å². The van der Waals surface area contributed by atoms with Gasteiger partial charge in [-0.2, -0.15) is 0 Å². The standard InChI is InChI=1S/C18H27ClN6.HI/c1-13(2)24-8-6-15(7-9-24)23-18(20-3)21-10-16-12-25-11-14(19)4-5-17(25)22-16;/h4-5,11-13,15H,6-10H2,1-3H3,(H2,20,21,23);1H. The summed E-state index contributed by atoms with van der Waals surface area (Å²) in [6, 6.07) is 4.87. The van der Waals surface area contributed by atoms with Crippen molar-refractivity contribution in [2.45, 2.75) is 45.3 Å². The number of pyridine rings is 1. The summed E-state index contributed by atoms with van der Waals surface area (Å²) in [5.41, 5.74) is 1.85. The van der Waals surface area contributed by atoms with Crippen LogP contribution in [0.15, 0.2) is 29.5 Å². The molecule has 0 atom stereocenters. The third kappa shape index (κ3) is 5.47. The highest BCUT2D eigenvalue weighted by Crippen LogP contribution is 2.13. The fourth-order valence-corrected chi connectivity index (χ4v) is 3.39. The topological polar surface area (TPSA) is 57.0 Å². The average Bonchev–Trinajstić information content (AvgIpc) is 3.00. The van der Waals surface area contributed by atoms with Crippen molar-refractivity contribution in [3.8, 4) is 0 Å². The van der Waals surface area contributed by atoms with Gasteiger partial charge in [-0.25, -0.2) is 4.98 Å². The molecule has 3 rings (SSSR count). The lowest BCUT2D eigenvalue weighted by Gasteiger charge is -2.35. The molecule has 144 valence electrons. The number of aromatic nitrogens is 2. The van der Waals surface area contributed by atoms with Crippen LogP contribution in [-0.4, -0.2) is 52.5 Å². The van der Waals surface area contributed by atoms with Gasteiger partial charge in [-0.3, -0.25) is 4.99 Å². The zero-order valence-electron chi connectivity index (χ0n) is 15.6. The van der Waals surface area contributed by atoms with Crippen LogP contribution in [0.3, 0.4) is 0 Å². The van der Waals surface area contributed by atoms with Crippen LogP contribution in [0.5, 0.6) is 0 Å². The van der Waals surface area contributed by atoms with Crippen LogP contribution in [-0.2, 0) is 6.54 Å². The Balaban J connectivity index is 0.00000243. The molecule has 1 aliphatic rings. The molecule has 1 saturated heterocycles. The van der Waals surface area contributed by atoms with Gasteiger partial charge in [0.05, 0.1) is 17.3 Å². The van der Waals surface area contributed by atoms with Crippen LogP contribution in [0.25, 0.3) is 5.65 Å². The van der Waals surface area contributed by atoms with Crippen LogP contribution < -0.4 is 10.6 Å². The van der Waals surface area contributed by atoms with E-state index in [1.54, 1.807) is 0 Å². The van der Waals surface area contributed by atoms with E-state index in [1.807, 2.05) is 36.0 Å². The Kier molecular flexibility index (Phi) is 7.97. The number of aliphatic imine (C=N–C) groups is 1. The van der Waals surface area contributed by atoms with Crippen molar-refractivity contribution in [2.75, 3.05) is 20.1 Å². The molecule has 0 aliphatic carbocycles. The van der Waals surface area contributed by atoms with E-state index in [0.29, 0.717) is 23.7 Å². The van der Waals surface area contributed by atoms with Crippen molar-refractivity contribution in [1.82, 2.24) is 24.9 Å². The maximum Gasteiger partial charge on any atom is 0.191 e. The van der Waals surface area contributed by atoms with Crippen molar-refractivity contribution in [3.63, 3.8) is 0 Å². The zero-order chi connectivity index (χ0) is 17.8. The highest BCUT2D eigenvalue weighted by Gasteiger charge is 2.21. The molecule has 1 aliphatic heterocycles. The van der Waals surface area contributed by atoms with Gasteiger partial charge in [0, 0.05) is 44.6 Å². The Morgan fingerprint density at radius 1 is 1.31 bits per heavy atom. The van der Waals surface area contributed by atoms with Gasteiger partial charge in [0.15, 0.2) is 5.96 Å². The first kappa shape index (κ1) is 21.2. The molecule has 2 N–H and O–H groups in total. The van der Waals surface area contributed by atoms with E-state index in [4.69, 9.17) is 11.6 Å². The molecule has 0 aromatic carbocycles. The quantitative estimate of drug-likeness (QED) is 0.393. The summed E-state index contributed by atoms with van der Waals surface area (Å²) in [6.45, 7) is 7.43. The number of piperidine rings is 1. The highest BCUT2D eigenvalue weighted by atomic mass is 127. The molecule has 26 heavy (non-hydrogen) atoms. The average molecular weight is 491 g/mol. The van der Waals surface area contributed by atoms with Gasteiger partial charge in [-0.1, -0.05) is 11.6 Å². The van der Waals surface area contributed by atoms with Crippen molar-refractivity contribution in [3.05, 3.63) is 35.2 Å². The summed E-state index contributed by atoms with van der Waals surface area (Å²) in [5.74, 6) is 0.832. The molecule has 3 heterocycles. The minimum Gasteiger partial charge on any atom is -0.354 e. The summed E-state index contributed by atoms with van der Waals surface area (Å²) < 4.78 is 1.94. The molecule has 2 aromatic rings. The number of hydrogen-bond acceptors (Lipinski definition) is 3. The van der Waals surface area contributed by atoms with Crippen molar-refractivity contribution >= 4 is 47.2 Å². The predicted molar refractivity (Wildman–Crippen MR) is 119 cm³/mol. The molecular weight excluding hydrogens is 463 g/mol. The van der Waals surface area contributed by atoms with Gasteiger partial charge in [0.1, 0.15) is 5.65 Å². The normalized spacial score (nSPS) is 16.7. The SMILES string of the molecule is CN=C(NCc1cn2cc(Cl)ccc2n1)NC1CCN(C(C)C)CC1.I. The monoisotopic (exact) mass is 490 g/mol. The molecule has 0 unspecified atom stereocenters. The summed E-state index contributed by atoms with van der Waals surface area (Å²) in [4.78, 5) is 11.5. The van der Waals surface area contributed by atoms with E-state index in [2.05, 4.69) is 39.4 Å². The lowest BCUT2D eigenvalue weighted by atomic mass is 10.0. The molecule has 0 amide bonds. The third-order valence-corrected chi connectivity index (χ3v) is 4.95. The Morgan fingerprint density at radius 2 is 2.04 bits per heavy atom. The number of rotatable bonds is 4. The largest absolute Gasteiger partial charge is 0.354 e. The second kappa shape index (κ2) is 9.75. The smallest absolute Gasteiger partial charge is 0.191 e. The number of imidazole rings is 1. The summed E-state index contributed by atoms with van der Waals surface area (Å²) in [6.07, 6.45) is 6.14. The molecule has 1 fully saturated rings. The number of fused-ring (bicyclic) bond motifs is 1. The molecule has 0 bridgehead atoms. The second-order valence-electron chi connectivity index (χ2n) is 6.82. The van der Waals surface area contributed by atoms with E-state index in [0.717, 1.165) is 43.2 Å². The highest BCUT2D eigenvalue weighted by molar-refractivity contribution is 14.0. The van der Waals surface area contributed by atoms with Gasteiger partial charge >= 0.3 is 0 Å². The number of likely N-dealkylation sites (tertiary alicyclic amines) is 1. The third-order valence-electron chi connectivity index (χ3n) is 4.73. The molecule has 0 saturated carbocycles. The van der Waals surface area contributed by atoms with Gasteiger partial charge in [-0.05, 0) is 38.8 Å². The second-order valence-corrected chi connectivity index (χ2v) is 7.26. The molecule has 2 aromatic heterocycles. The van der Waals surface area contributed by atoms with Crippen LogP contribution in [0.4, 0.5) is 0 Å². The first-order valence-electron chi connectivity index (χ1n) is 8.89. The van der Waals surface area contributed by atoms with E-state index < -0.39 is 0 Å². The number of halogens is 2. The zero-order valence-corrected chi connectivity index (χ0v) is 18.7. The summed E-state index contributed by atoms with van der Waals surface area (Å²) in [5, 5.41) is 7.60. The lowest BCUT2D eigenvalue weighted by Crippen LogP contribution is -2.49. The van der Waals surface area contributed by atoms with Crippen LogP contribution in [0.1, 0.15) is 32.4 Å². The van der Waals surface area contributed by atoms with E-state index in [1.165, 1.54) is 0 Å². The van der Waals surface area contributed by atoms with E-state index >= 15 is 0 Å². The minimum absolute atomic E-state index is 0. The van der Waals surface area contributed by atoms with Crippen LogP contribution in [0.2, 0.25) is 5.02 Å². The number of guanidine groups is 1. The first-order valence-corrected chi connectivity index (χ1v) is 9.27. The number of nitrogens with zero attached hydrogens (tertiary/aromatic N) is 4. The fraction of sp³-hybridized carbons (Fsp3) is 0.556. The summed E-state index contributed by atoms with van der Waals surface area (Å²) in [7, 11) is 1.81. The van der Waals surface area contributed by atoms with E-state index in [9.17, 15) is 0 Å². The van der Waals surface area contributed by atoms with Gasteiger partial charge in [-0.15, -0.1) is 24.0 Å². The lowest BCUT2D eigenvalue weighted by molar-refractivity contribution is 0.167. The van der Waals surface area contributed by atoms with Crippen LogP contribution in [0, 0.1) is 0 Å². The Morgan fingerprint density at radius 3 is 2.69 bits per heavy atom. The predicted octanol–water partition coefficient (Wildman–Crippen LogP) is 3.14. The Hall–Kier alpha value is -1.06. The van der Waals surface area contributed by atoms with Gasteiger partial charge in [0.25, 0.3) is 0 Å². The fourth-order valence-electron chi connectivity index (χ4n) is 3.22. The number of hydrogen-bond donors (Lipinski definition) is 2. The molecule has 8 heteroatoms. The summed E-state index contributed by atoms with van der Waals surface area (Å²) >= 11 is 6.02. The molecule has 0 spiro atoms. The Labute approximate surface area is 177 Å². The first-order chi connectivity index (χ1) is 12.0.